The van der Waals surface area contributed by atoms with Crippen molar-refractivity contribution in [2.24, 2.45) is 0 Å². The van der Waals surface area contributed by atoms with Gasteiger partial charge in [-0.15, -0.1) is 0 Å². The van der Waals surface area contributed by atoms with Crippen molar-refractivity contribution in [3.8, 4) is 5.69 Å². The number of carboxylic acid groups (broad SMARTS) is 1. The van der Waals surface area contributed by atoms with Gasteiger partial charge in [0.25, 0.3) is 0 Å². The van der Waals surface area contributed by atoms with Crippen molar-refractivity contribution in [1.29, 1.82) is 0 Å². The number of piperazine rings is 1. The fraction of sp³-hybridized carbons (Fsp3) is 0.435. The van der Waals surface area contributed by atoms with Gasteiger partial charge in [-0.05, 0) is 38.0 Å². The number of fused-ring (bicyclic) bond motifs is 1. The third-order valence-corrected chi connectivity index (χ3v) is 6.93. The first-order chi connectivity index (χ1) is 16.0. The Balaban J connectivity index is 1.66. The van der Waals surface area contributed by atoms with E-state index in [2.05, 4.69) is 26.0 Å². The monoisotopic (exact) mass is 470 g/mol. The Labute approximate surface area is 196 Å². The first-order valence-electron chi connectivity index (χ1n) is 11.2. The molecule has 0 bridgehead atoms. The average Bonchev–Trinajstić information content (AvgIpc) is 3.43. The molecule has 2 aromatic heterocycles. The minimum absolute atomic E-state index is 0.0410. The lowest BCUT2D eigenvalue weighted by molar-refractivity contribution is 0.122. The number of aliphatic hydroxyl groups excluding tert-OH is 1. The molecule has 2 aliphatic heterocycles. The second-order valence-electron chi connectivity index (χ2n) is 8.70. The van der Waals surface area contributed by atoms with Gasteiger partial charge in [0.2, 0.25) is 0 Å². The van der Waals surface area contributed by atoms with Gasteiger partial charge in [-0.3, -0.25) is 4.57 Å². The van der Waals surface area contributed by atoms with E-state index in [0.29, 0.717) is 24.7 Å². The molecule has 4 heterocycles. The summed E-state index contributed by atoms with van der Waals surface area (Å²) in [5, 5.41) is 21.0. The second-order valence-corrected chi connectivity index (χ2v) is 9.14. The summed E-state index contributed by atoms with van der Waals surface area (Å²) in [6, 6.07) is 7.51. The molecule has 0 saturated carbocycles. The van der Waals surface area contributed by atoms with Crippen molar-refractivity contribution in [1.82, 2.24) is 19.4 Å². The summed E-state index contributed by atoms with van der Waals surface area (Å²) in [4.78, 5) is 26.7. The number of hydrogen-bond donors (Lipinski definition) is 2. The highest BCUT2D eigenvalue weighted by Crippen LogP contribution is 2.39. The molecule has 0 radical (unpaired) electrons. The lowest BCUT2D eigenvalue weighted by atomic mass is 10.1. The second kappa shape index (κ2) is 8.72. The quantitative estimate of drug-likeness (QED) is 0.604. The van der Waals surface area contributed by atoms with Crippen LogP contribution in [0.15, 0.2) is 36.8 Å². The fourth-order valence-electron chi connectivity index (χ4n) is 5.08. The standard InChI is InChI=1S/C23H27ClN6O3/c1-15-11-27(8-9-28(15)23(32)33)21-20-19(29-7-3-6-18(29)13-31)12-30(22(20)26-14-25-21)17-5-2-4-16(24)10-17/h2,4-5,10,12,14-15,18,31H,3,6-9,11,13H2,1H3,(H,32,33). The first-order valence-corrected chi connectivity index (χ1v) is 11.6. The number of aliphatic hydroxyl groups is 1. The largest absolute Gasteiger partial charge is 0.465 e. The minimum Gasteiger partial charge on any atom is -0.465 e. The highest BCUT2D eigenvalue weighted by molar-refractivity contribution is 6.30. The Morgan fingerprint density at radius 1 is 1.24 bits per heavy atom. The van der Waals surface area contributed by atoms with Crippen molar-refractivity contribution in [3.63, 3.8) is 0 Å². The van der Waals surface area contributed by atoms with Crippen LogP contribution in [0.3, 0.4) is 0 Å². The Bertz CT molecular complexity index is 1180. The predicted molar refractivity (Wildman–Crippen MR) is 128 cm³/mol. The Morgan fingerprint density at radius 2 is 2.09 bits per heavy atom. The molecule has 33 heavy (non-hydrogen) atoms. The molecule has 2 atom stereocenters. The van der Waals surface area contributed by atoms with E-state index in [-0.39, 0.29) is 18.7 Å². The average molecular weight is 471 g/mol. The molecule has 5 rings (SSSR count). The van der Waals surface area contributed by atoms with E-state index in [1.54, 1.807) is 6.33 Å². The molecule has 2 N–H and O–H groups in total. The van der Waals surface area contributed by atoms with E-state index in [9.17, 15) is 15.0 Å². The van der Waals surface area contributed by atoms with Crippen LogP contribution in [-0.2, 0) is 0 Å². The molecule has 0 spiro atoms. The molecule has 1 amide bonds. The van der Waals surface area contributed by atoms with Gasteiger partial charge in [-0.1, -0.05) is 17.7 Å². The Kier molecular flexibility index (Phi) is 5.76. The lowest BCUT2D eigenvalue weighted by Crippen LogP contribution is -2.54. The van der Waals surface area contributed by atoms with Gasteiger partial charge < -0.3 is 24.9 Å². The molecule has 0 aliphatic carbocycles. The number of rotatable bonds is 4. The third kappa shape index (κ3) is 3.85. The lowest BCUT2D eigenvalue weighted by Gasteiger charge is -2.39. The Morgan fingerprint density at radius 3 is 2.82 bits per heavy atom. The highest BCUT2D eigenvalue weighted by atomic mass is 35.5. The topological polar surface area (TPSA) is 98.0 Å². The normalized spacial score (nSPS) is 21.2. The van der Waals surface area contributed by atoms with Crippen LogP contribution in [0.25, 0.3) is 16.7 Å². The van der Waals surface area contributed by atoms with Crippen LogP contribution in [0.4, 0.5) is 16.3 Å². The minimum atomic E-state index is -0.898. The number of nitrogens with zero attached hydrogens (tertiary/aromatic N) is 6. The van der Waals surface area contributed by atoms with Crippen LogP contribution >= 0.6 is 11.6 Å². The molecule has 2 unspecified atom stereocenters. The van der Waals surface area contributed by atoms with Gasteiger partial charge in [-0.25, -0.2) is 14.8 Å². The zero-order valence-electron chi connectivity index (χ0n) is 18.4. The zero-order chi connectivity index (χ0) is 23.1. The van der Waals surface area contributed by atoms with Gasteiger partial charge in [-0.2, -0.15) is 0 Å². The summed E-state index contributed by atoms with van der Waals surface area (Å²) in [6.07, 6.45) is 4.65. The number of carbonyl (C=O) groups is 1. The van der Waals surface area contributed by atoms with Crippen LogP contribution in [0.2, 0.25) is 5.02 Å². The van der Waals surface area contributed by atoms with Crippen molar-refractivity contribution in [3.05, 3.63) is 41.8 Å². The van der Waals surface area contributed by atoms with E-state index < -0.39 is 6.09 Å². The van der Waals surface area contributed by atoms with E-state index in [0.717, 1.165) is 47.6 Å². The molecule has 1 aromatic carbocycles. The van der Waals surface area contributed by atoms with Gasteiger partial charge in [0.1, 0.15) is 12.1 Å². The van der Waals surface area contributed by atoms with Crippen LogP contribution < -0.4 is 9.80 Å². The third-order valence-electron chi connectivity index (χ3n) is 6.70. The molecule has 9 nitrogen and oxygen atoms in total. The van der Waals surface area contributed by atoms with Crippen molar-refractivity contribution in [2.45, 2.75) is 31.8 Å². The van der Waals surface area contributed by atoms with E-state index >= 15 is 0 Å². The molecular weight excluding hydrogens is 444 g/mol. The summed E-state index contributed by atoms with van der Waals surface area (Å²) in [7, 11) is 0. The SMILES string of the molecule is CC1CN(c2ncnc3c2c(N2CCCC2CO)cn3-c2cccc(Cl)c2)CCN1C(=O)O. The number of aromatic nitrogens is 3. The van der Waals surface area contributed by atoms with Crippen LogP contribution in [0.5, 0.6) is 0 Å². The number of benzene rings is 1. The molecule has 2 saturated heterocycles. The fourth-order valence-corrected chi connectivity index (χ4v) is 5.27. The number of hydrogen-bond acceptors (Lipinski definition) is 6. The molecule has 2 aliphatic rings. The molecule has 2 fully saturated rings. The van der Waals surface area contributed by atoms with Crippen molar-refractivity contribution in [2.75, 3.05) is 42.6 Å². The first kappa shape index (κ1) is 21.8. The smallest absolute Gasteiger partial charge is 0.407 e. The van der Waals surface area contributed by atoms with Crippen molar-refractivity contribution >= 4 is 40.2 Å². The summed E-state index contributed by atoms with van der Waals surface area (Å²) < 4.78 is 2.02. The number of anilines is 2. The summed E-state index contributed by atoms with van der Waals surface area (Å²) in [5.41, 5.74) is 2.63. The molecule has 10 heteroatoms. The summed E-state index contributed by atoms with van der Waals surface area (Å²) in [5.74, 6) is 0.788. The summed E-state index contributed by atoms with van der Waals surface area (Å²) >= 11 is 6.28. The highest BCUT2D eigenvalue weighted by Gasteiger charge is 2.33. The number of halogens is 1. The zero-order valence-corrected chi connectivity index (χ0v) is 19.2. The van der Waals surface area contributed by atoms with Crippen molar-refractivity contribution < 1.29 is 15.0 Å². The van der Waals surface area contributed by atoms with Gasteiger partial charge >= 0.3 is 6.09 Å². The maximum atomic E-state index is 11.5. The predicted octanol–water partition coefficient (Wildman–Crippen LogP) is 3.22. The van der Waals surface area contributed by atoms with E-state index in [1.807, 2.05) is 35.8 Å². The maximum absolute atomic E-state index is 11.5. The van der Waals surface area contributed by atoms with Crippen LogP contribution in [0, 0.1) is 0 Å². The van der Waals surface area contributed by atoms with Crippen LogP contribution in [-0.4, -0.2) is 80.6 Å². The molecule has 3 aromatic rings. The van der Waals surface area contributed by atoms with Gasteiger partial charge in [0.15, 0.2) is 5.65 Å². The molecule has 174 valence electrons. The van der Waals surface area contributed by atoms with Gasteiger partial charge in [0, 0.05) is 49.1 Å². The maximum Gasteiger partial charge on any atom is 0.407 e. The van der Waals surface area contributed by atoms with E-state index in [1.165, 1.54) is 4.90 Å². The Hall–Kier alpha value is -3.04. The van der Waals surface area contributed by atoms with Crippen LogP contribution in [0.1, 0.15) is 19.8 Å². The summed E-state index contributed by atoms with van der Waals surface area (Å²) in [6.45, 7) is 4.35. The van der Waals surface area contributed by atoms with Gasteiger partial charge in [0.05, 0.1) is 23.7 Å². The molecular formula is C23H27ClN6O3. The van der Waals surface area contributed by atoms with E-state index in [4.69, 9.17) is 11.6 Å². The number of amides is 1.